The quantitative estimate of drug-likeness (QED) is 0.749. The lowest BCUT2D eigenvalue weighted by molar-refractivity contribution is 0.200. The lowest BCUT2D eigenvalue weighted by atomic mass is 10.0. The predicted molar refractivity (Wildman–Crippen MR) is 71.2 cm³/mol. The molecule has 3 nitrogen and oxygen atoms in total. The van der Waals surface area contributed by atoms with Crippen molar-refractivity contribution in [3.8, 4) is 0 Å². The first-order valence-corrected chi connectivity index (χ1v) is 6.51. The normalized spacial score (nSPS) is 22.1. The molecule has 3 N–H and O–H groups in total. The first-order chi connectivity index (χ1) is 8.27. The van der Waals surface area contributed by atoms with Gasteiger partial charge in [0.25, 0.3) is 0 Å². The van der Waals surface area contributed by atoms with E-state index in [1.807, 2.05) is 24.3 Å². The van der Waals surface area contributed by atoms with Gasteiger partial charge in [-0.15, -0.1) is 0 Å². The Labute approximate surface area is 103 Å². The average molecular weight is 234 g/mol. The number of anilines is 1. The van der Waals surface area contributed by atoms with Crippen molar-refractivity contribution in [2.45, 2.75) is 38.3 Å². The fourth-order valence-electron chi connectivity index (χ4n) is 2.35. The van der Waals surface area contributed by atoms with Crippen LogP contribution in [0.3, 0.4) is 0 Å². The van der Waals surface area contributed by atoms with Crippen molar-refractivity contribution in [1.29, 1.82) is 0 Å². The van der Waals surface area contributed by atoms with E-state index in [4.69, 9.17) is 0 Å². The number of aliphatic hydroxyl groups excluding tert-OH is 1. The summed E-state index contributed by atoms with van der Waals surface area (Å²) in [6, 6.07) is 8.53. The van der Waals surface area contributed by atoms with Gasteiger partial charge in [-0.2, -0.15) is 0 Å². The van der Waals surface area contributed by atoms with Crippen LogP contribution < -0.4 is 10.6 Å². The van der Waals surface area contributed by atoms with Crippen molar-refractivity contribution in [1.82, 2.24) is 5.32 Å². The van der Waals surface area contributed by atoms with Gasteiger partial charge < -0.3 is 15.7 Å². The maximum Gasteiger partial charge on any atom is 0.0781 e. The zero-order valence-corrected chi connectivity index (χ0v) is 10.4. The fourth-order valence-corrected chi connectivity index (χ4v) is 2.35. The van der Waals surface area contributed by atoms with Crippen molar-refractivity contribution in [3.63, 3.8) is 0 Å². The van der Waals surface area contributed by atoms with Gasteiger partial charge in [-0.3, -0.25) is 0 Å². The molecule has 17 heavy (non-hydrogen) atoms. The van der Waals surface area contributed by atoms with Crippen molar-refractivity contribution >= 4 is 5.69 Å². The third-order valence-corrected chi connectivity index (χ3v) is 3.36. The highest BCUT2D eigenvalue weighted by atomic mass is 16.3. The zero-order chi connectivity index (χ0) is 12.1. The van der Waals surface area contributed by atoms with Crippen LogP contribution in [0.15, 0.2) is 24.3 Å². The molecule has 0 aromatic heterocycles. The van der Waals surface area contributed by atoms with Crippen LogP contribution in [0.25, 0.3) is 0 Å². The first-order valence-electron chi connectivity index (χ1n) is 6.51. The van der Waals surface area contributed by atoms with E-state index in [0.29, 0.717) is 6.04 Å². The van der Waals surface area contributed by atoms with Crippen molar-refractivity contribution in [3.05, 3.63) is 29.8 Å². The Morgan fingerprint density at radius 1 is 1.41 bits per heavy atom. The Balaban J connectivity index is 1.93. The van der Waals surface area contributed by atoms with E-state index in [1.54, 1.807) is 6.92 Å². The maximum absolute atomic E-state index is 9.69. The number of aliphatic hydroxyl groups is 1. The molecule has 0 aliphatic carbocycles. The minimum atomic E-state index is -0.419. The Bertz CT molecular complexity index is 346. The standard InChI is InChI=1S/C14H22N2O/c1-11(17)13-7-2-3-8-14(13)16-10-12-6-4-5-9-15-12/h2-3,7-8,11-12,15-17H,4-6,9-10H2,1H3. The van der Waals surface area contributed by atoms with Crippen molar-refractivity contribution < 1.29 is 5.11 Å². The van der Waals surface area contributed by atoms with Crippen molar-refractivity contribution in [2.24, 2.45) is 0 Å². The number of benzene rings is 1. The Morgan fingerprint density at radius 3 is 2.94 bits per heavy atom. The molecule has 1 fully saturated rings. The molecule has 3 heteroatoms. The van der Waals surface area contributed by atoms with Gasteiger partial charge in [0, 0.05) is 23.8 Å². The summed E-state index contributed by atoms with van der Waals surface area (Å²) in [5.74, 6) is 0. The summed E-state index contributed by atoms with van der Waals surface area (Å²) in [7, 11) is 0. The number of nitrogens with one attached hydrogen (secondary N) is 2. The predicted octanol–water partition coefficient (Wildman–Crippen LogP) is 2.29. The SMILES string of the molecule is CC(O)c1ccccc1NCC1CCCCN1. The third-order valence-electron chi connectivity index (χ3n) is 3.36. The van der Waals surface area contributed by atoms with E-state index in [0.717, 1.165) is 24.3 Å². The molecular weight excluding hydrogens is 212 g/mol. The lowest BCUT2D eigenvalue weighted by Gasteiger charge is -2.25. The largest absolute Gasteiger partial charge is 0.389 e. The van der Waals surface area contributed by atoms with Gasteiger partial charge in [0.05, 0.1) is 6.10 Å². The molecule has 0 radical (unpaired) electrons. The van der Waals surface area contributed by atoms with Gasteiger partial charge in [-0.05, 0) is 32.4 Å². The van der Waals surface area contributed by atoms with E-state index in [9.17, 15) is 5.11 Å². The van der Waals surface area contributed by atoms with Gasteiger partial charge in [0.2, 0.25) is 0 Å². The highest BCUT2D eigenvalue weighted by Crippen LogP contribution is 2.22. The molecule has 0 bridgehead atoms. The smallest absolute Gasteiger partial charge is 0.0781 e. The highest BCUT2D eigenvalue weighted by molar-refractivity contribution is 5.52. The van der Waals surface area contributed by atoms with E-state index >= 15 is 0 Å². The monoisotopic (exact) mass is 234 g/mol. The summed E-state index contributed by atoms with van der Waals surface area (Å²) in [5, 5.41) is 16.6. The molecule has 2 unspecified atom stereocenters. The number of rotatable bonds is 4. The molecule has 2 rings (SSSR count). The average Bonchev–Trinajstić information content (AvgIpc) is 2.38. The molecule has 0 spiro atoms. The van der Waals surface area contributed by atoms with Crippen LogP contribution in [0.4, 0.5) is 5.69 Å². The lowest BCUT2D eigenvalue weighted by Crippen LogP contribution is -2.39. The van der Waals surface area contributed by atoms with Crippen LogP contribution in [0, 0.1) is 0 Å². The zero-order valence-electron chi connectivity index (χ0n) is 10.4. The first kappa shape index (κ1) is 12.4. The van der Waals surface area contributed by atoms with Gasteiger partial charge in [0.1, 0.15) is 0 Å². The second-order valence-corrected chi connectivity index (χ2v) is 4.79. The minimum absolute atomic E-state index is 0.419. The summed E-state index contributed by atoms with van der Waals surface area (Å²) in [4.78, 5) is 0. The van der Waals surface area contributed by atoms with Crippen LogP contribution in [0.5, 0.6) is 0 Å². The molecule has 1 aliphatic rings. The van der Waals surface area contributed by atoms with E-state index in [2.05, 4.69) is 10.6 Å². The van der Waals surface area contributed by atoms with Gasteiger partial charge in [0.15, 0.2) is 0 Å². The highest BCUT2D eigenvalue weighted by Gasteiger charge is 2.13. The second-order valence-electron chi connectivity index (χ2n) is 4.79. The van der Waals surface area contributed by atoms with Crippen LogP contribution in [0.2, 0.25) is 0 Å². The molecule has 94 valence electrons. The topological polar surface area (TPSA) is 44.3 Å². The van der Waals surface area contributed by atoms with Crippen LogP contribution >= 0.6 is 0 Å². The van der Waals surface area contributed by atoms with Gasteiger partial charge >= 0.3 is 0 Å². The third kappa shape index (κ3) is 3.45. The molecule has 1 aromatic rings. The van der Waals surface area contributed by atoms with E-state index < -0.39 is 6.10 Å². The number of piperidine rings is 1. The summed E-state index contributed by atoms with van der Waals surface area (Å²) in [6.45, 7) is 3.87. The van der Waals surface area contributed by atoms with E-state index in [-0.39, 0.29) is 0 Å². The Kier molecular flexibility index (Phi) is 4.40. The number of hydrogen-bond acceptors (Lipinski definition) is 3. The van der Waals surface area contributed by atoms with Gasteiger partial charge in [-0.25, -0.2) is 0 Å². The molecule has 1 heterocycles. The van der Waals surface area contributed by atoms with Crippen LogP contribution in [0.1, 0.15) is 37.9 Å². The van der Waals surface area contributed by atoms with Crippen LogP contribution in [-0.2, 0) is 0 Å². The summed E-state index contributed by atoms with van der Waals surface area (Å²) in [6.07, 6.45) is 3.43. The molecule has 2 atom stereocenters. The van der Waals surface area contributed by atoms with Gasteiger partial charge in [-0.1, -0.05) is 24.6 Å². The second kappa shape index (κ2) is 6.03. The van der Waals surface area contributed by atoms with Crippen molar-refractivity contribution in [2.75, 3.05) is 18.4 Å². The molecule has 1 saturated heterocycles. The minimum Gasteiger partial charge on any atom is -0.389 e. The summed E-state index contributed by atoms with van der Waals surface area (Å²) in [5.41, 5.74) is 2.03. The Hall–Kier alpha value is -1.06. The fraction of sp³-hybridized carbons (Fsp3) is 0.571. The number of para-hydroxylation sites is 1. The molecule has 1 aliphatic heterocycles. The summed E-state index contributed by atoms with van der Waals surface area (Å²) >= 11 is 0. The maximum atomic E-state index is 9.69. The Morgan fingerprint density at radius 2 is 2.24 bits per heavy atom. The molecule has 0 saturated carbocycles. The summed E-state index contributed by atoms with van der Waals surface area (Å²) < 4.78 is 0. The van der Waals surface area contributed by atoms with E-state index in [1.165, 1.54) is 19.3 Å². The molecular formula is C14H22N2O. The number of hydrogen-bond donors (Lipinski definition) is 3. The molecule has 0 amide bonds. The molecule has 1 aromatic carbocycles. The van der Waals surface area contributed by atoms with Crippen LogP contribution in [-0.4, -0.2) is 24.2 Å².